The van der Waals surface area contributed by atoms with Crippen LogP contribution in [-0.2, 0) is 27.9 Å². The third kappa shape index (κ3) is 13.9. The first-order valence-corrected chi connectivity index (χ1v) is 10.8. The van der Waals surface area contributed by atoms with Gasteiger partial charge in [0.2, 0.25) is 5.91 Å². The Bertz CT molecular complexity index is 871. The van der Waals surface area contributed by atoms with Crippen molar-refractivity contribution in [1.29, 1.82) is 0 Å². The summed E-state index contributed by atoms with van der Waals surface area (Å²) in [4.78, 5) is 11.0. The lowest BCUT2D eigenvalue weighted by molar-refractivity contribution is -0.119. The van der Waals surface area contributed by atoms with Crippen LogP contribution < -0.4 is 15.8 Å². The lowest BCUT2D eigenvalue weighted by atomic mass is 10.1. The number of carbonyl (C=O) groups excluding carboxylic acids is 1. The van der Waals surface area contributed by atoms with Gasteiger partial charge in [-0.05, 0) is 55.2 Å². The monoisotopic (exact) mass is 462 g/mol. The number of amides is 1. The molecule has 1 amide bonds. The van der Waals surface area contributed by atoms with Crippen LogP contribution in [0.2, 0.25) is 0 Å². The van der Waals surface area contributed by atoms with Crippen molar-refractivity contribution < 1.29 is 26.9 Å². The van der Waals surface area contributed by atoms with E-state index in [9.17, 15) is 17.6 Å². The van der Waals surface area contributed by atoms with Gasteiger partial charge in [-0.15, -0.1) is 12.4 Å². The summed E-state index contributed by atoms with van der Waals surface area (Å²) in [5.74, 6) is 0.220. The number of halogens is 2. The molecule has 168 valence electrons. The number of nitrogens with one attached hydrogen (secondary N) is 1. The summed E-state index contributed by atoms with van der Waals surface area (Å²) in [5, 5.41) is 3.05. The van der Waals surface area contributed by atoms with Crippen LogP contribution in [0.15, 0.2) is 48.5 Å². The van der Waals surface area contributed by atoms with Gasteiger partial charge in [-0.3, -0.25) is 9.35 Å². The number of hydrogen-bond donors (Lipinski definition) is 3. The number of hydrogen-bond acceptors (Lipinski definition) is 5. The zero-order valence-electron chi connectivity index (χ0n) is 16.9. The van der Waals surface area contributed by atoms with E-state index in [0.29, 0.717) is 19.4 Å². The molecule has 0 aliphatic heterocycles. The molecule has 7 nitrogen and oxygen atoms in total. The lowest BCUT2D eigenvalue weighted by Gasteiger charge is -2.11. The first kappa shape index (κ1) is 27.8. The Morgan fingerprint density at radius 3 is 2.33 bits per heavy atom. The maximum atomic E-state index is 13.1. The predicted molar refractivity (Wildman–Crippen MR) is 117 cm³/mol. The number of ether oxygens (including phenoxy) is 1. The Morgan fingerprint density at radius 1 is 1.20 bits per heavy atom. The van der Waals surface area contributed by atoms with Crippen molar-refractivity contribution in [2.45, 2.75) is 32.4 Å². The highest BCUT2D eigenvalue weighted by molar-refractivity contribution is 7.85. The van der Waals surface area contributed by atoms with Crippen LogP contribution in [0, 0.1) is 5.82 Å². The summed E-state index contributed by atoms with van der Waals surface area (Å²) in [5.41, 5.74) is 7.23. The SMILES string of the molecule is CC(NCc1ccc(OCCCc2cccc(F)c2)cc1)C(N)=O.CS(=O)(=O)O.Cl. The second-order valence-electron chi connectivity index (χ2n) is 6.46. The van der Waals surface area contributed by atoms with Gasteiger partial charge in [0.15, 0.2) is 0 Å². The minimum absolute atomic E-state index is 0. The standard InChI is InChI=1S/C19H23FN2O2.CH4O3S.ClH/c1-14(19(21)23)22-13-16-7-9-18(10-8-16)24-11-3-5-15-4-2-6-17(20)12-15;1-5(2,3)4;/h2,4,6-10,12,14,22H,3,5,11,13H2,1H3,(H2,21,23);1H3,(H,2,3,4);1H. The topological polar surface area (TPSA) is 119 Å². The zero-order valence-corrected chi connectivity index (χ0v) is 18.5. The molecule has 4 N–H and O–H groups in total. The number of nitrogens with two attached hydrogens (primary N) is 1. The molecule has 0 saturated heterocycles. The van der Waals surface area contributed by atoms with E-state index in [4.69, 9.17) is 15.0 Å². The lowest BCUT2D eigenvalue weighted by Crippen LogP contribution is -2.38. The van der Waals surface area contributed by atoms with Gasteiger partial charge in [-0.2, -0.15) is 8.42 Å². The average molecular weight is 463 g/mol. The highest BCUT2D eigenvalue weighted by atomic mass is 35.5. The second kappa shape index (κ2) is 13.9. The van der Waals surface area contributed by atoms with Crippen LogP contribution in [0.1, 0.15) is 24.5 Å². The number of benzene rings is 2. The van der Waals surface area contributed by atoms with E-state index in [1.807, 2.05) is 30.3 Å². The van der Waals surface area contributed by atoms with Gasteiger partial charge in [0, 0.05) is 6.54 Å². The van der Waals surface area contributed by atoms with E-state index in [1.165, 1.54) is 6.07 Å². The summed E-state index contributed by atoms with van der Waals surface area (Å²) in [6.07, 6.45) is 2.32. The second-order valence-corrected chi connectivity index (χ2v) is 7.93. The van der Waals surface area contributed by atoms with E-state index < -0.39 is 10.1 Å². The van der Waals surface area contributed by atoms with Crippen LogP contribution in [0.3, 0.4) is 0 Å². The summed E-state index contributed by atoms with van der Waals surface area (Å²) in [7, 11) is -3.67. The van der Waals surface area contributed by atoms with E-state index in [1.54, 1.807) is 19.1 Å². The van der Waals surface area contributed by atoms with Gasteiger partial charge in [0.05, 0.1) is 18.9 Å². The molecular formula is C20H28ClFN2O5S. The summed E-state index contributed by atoms with van der Waals surface area (Å²) in [6.45, 7) is 2.88. The maximum absolute atomic E-state index is 13.1. The van der Waals surface area contributed by atoms with Crippen molar-refractivity contribution in [2.24, 2.45) is 5.73 Å². The largest absolute Gasteiger partial charge is 0.494 e. The molecular weight excluding hydrogens is 435 g/mol. The van der Waals surface area contributed by atoms with Gasteiger partial charge in [0.25, 0.3) is 10.1 Å². The van der Waals surface area contributed by atoms with Crippen LogP contribution in [-0.4, -0.2) is 37.8 Å². The molecule has 2 aromatic rings. The number of primary amides is 1. The number of carbonyl (C=O) groups is 1. The van der Waals surface area contributed by atoms with Gasteiger partial charge >= 0.3 is 0 Å². The first-order valence-electron chi connectivity index (χ1n) is 8.96. The summed E-state index contributed by atoms with van der Waals surface area (Å²) < 4.78 is 44.6. The fourth-order valence-electron chi connectivity index (χ4n) is 2.23. The molecule has 30 heavy (non-hydrogen) atoms. The molecule has 0 aliphatic rings. The molecule has 0 heterocycles. The normalized spacial score (nSPS) is 11.5. The van der Waals surface area contributed by atoms with Gasteiger partial charge in [-0.1, -0.05) is 24.3 Å². The van der Waals surface area contributed by atoms with Crippen LogP contribution in [0.4, 0.5) is 4.39 Å². The molecule has 0 spiro atoms. The first-order chi connectivity index (χ1) is 13.5. The van der Waals surface area contributed by atoms with Gasteiger partial charge in [0.1, 0.15) is 11.6 Å². The minimum atomic E-state index is -3.67. The van der Waals surface area contributed by atoms with Crippen molar-refractivity contribution in [3.05, 3.63) is 65.5 Å². The molecule has 0 radical (unpaired) electrons. The molecule has 2 rings (SSSR count). The maximum Gasteiger partial charge on any atom is 0.261 e. The molecule has 10 heteroatoms. The molecule has 1 unspecified atom stereocenters. The highest BCUT2D eigenvalue weighted by Gasteiger charge is 2.07. The Labute approximate surface area is 183 Å². The van der Waals surface area contributed by atoms with Crippen molar-refractivity contribution in [3.8, 4) is 5.75 Å². The van der Waals surface area contributed by atoms with Crippen molar-refractivity contribution in [2.75, 3.05) is 12.9 Å². The van der Waals surface area contributed by atoms with E-state index in [2.05, 4.69) is 5.32 Å². The van der Waals surface area contributed by atoms with Crippen molar-refractivity contribution >= 4 is 28.4 Å². The summed E-state index contributed by atoms with van der Waals surface area (Å²) >= 11 is 0. The van der Waals surface area contributed by atoms with E-state index >= 15 is 0 Å². The predicted octanol–water partition coefficient (Wildman–Crippen LogP) is 2.73. The van der Waals surface area contributed by atoms with E-state index in [-0.39, 0.29) is 30.2 Å². The zero-order chi connectivity index (χ0) is 21.9. The quantitative estimate of drug-likeness (QED) is 0.389. The number of aryl methyl sites for hydroxylation is 1. The smallest absolute Gasteiger partial charge is 0.261 e. The fraction of sp³-hybridized carbons (Fsp3) is 0.350. The van der Waals surface area contributed by atoms with E-state index in [0.717, 1.165) is 29.7 Å². The molecule has 1 atom stereocenters. The van der Waals surface area contributed by atoms with Crippen LogP contribution in [0.25, 0.3) is 0 Å². The molecule has 0 bridgehead atoms. The Balaban J connectivity index is 0.00000125. The van der Waals surface area contributed by atoms with Crippen LogP contribution in [0.5, 0.6) is 5.75 Å². The minimum Gasteiger partial charge on any atom is -0.494 e. The third-order valence-corrected chi connectivity index (χ3v) is 3.73. The Hall–Kier alpha value is -2.20. The third-order valence-electron chi connectivity index (χ3n) is 3.73. The van der Waals surface area contributed by atoms with Crippen molar-refractivity contribution in [1.82, 2.24) is 5.32 Å². The summed E-state index contributed by atoms with van der Waals surface area (Å²) in [6, 6.07) is 14.0. The number of rotatable bonds is 9. The molecule has 0 aromatic heterocycles. The van der Waals surface area contributed by atoms with Crippen molar-refractivity contribution in [3.63, 3.8) is 0 Å². The molecule has 0 saturated carbocycles. The van der Waals surface area contributed by atoms with Crippen LogP contribution >= 0.6 is 12.4 Å². The molecule has 0 aliphatic carbocycles. The molecule has 0 fully saturated rings. The van der Waals surface area contributed by atoms with Gasteiger partial charge in [-0.25, -0.2) is 4.39 Å². The highest BCUT2D eigenvalue weighted by Crippen LogP contribution is 2.13. The van der Waals surface area contributed by atoms with Gasteiger partial charge < -0.3 is 15.8 Å². The molecule has 2 aromatic carbocycles. The Kier molecular flexibility index (Phi) is 12.9. The Morgan fingerprint density at radius 2 is 1.80 bits per heavy atom. The fourth-order valence-corrected chi connectivity index (χ4v) is 2.23. The average Bonchev–Trinajstić information content (AvgIpc) is 2.63.